The van der Waals surface area contributed by atoms with Gasteiger partial charge in [0.2, 0.25) is 0 Å². The average Bonchev–Trinajstić information content (AvgIpc) is 2.32. The Morgan fingerprint density at radius 2 is 2.38 bits per heavy atom. The molecule has 6 heteroatoms. The van der Waals surface area contributed by atoms with Crippen LogP contribution in [-0.2, 0) is 23.9 Å². The number of hydrogen-bond donors (Lipinski definition) is 1. The number of ether oxygens (including phenoxy) is 2. The molecule has 0 unspecified atom stereocenters. The molecule has 72 valence electrons. The number of esters is 1. The molecule has 0 aliphatic carbocycles. The maximum absolute atomic E-state index is 11.1. The van der Waals surface area contributed by atoms with E-state index in [1.54, 1.807) is 0 Å². The molecule has 13 heavy (non-hydrogen) atoms. The van der Waals surface area contributed by atoms with Crippen LogP contribution in [0.5, 0.6) is 0 Å². The average molecular weight is 188 g/mol. The molecule has 1 heterocycles. The van der Waals surface area contributed by atoms with Crippen molar-refractivity contribution in [3.05, 3.63) is 0 Å². The first-order chi connectivity index (χ1) is 6.10. The Hall–Kier alpha value is -1.43. The molecule has 0 aromatic heterocycles. The highest BCUT2D eigenvalue weighted by Crippen LogP contribution is 2.26. The summed E-state index contributed by atoms with van der Waals surface area (Å²) in [6.45, 7) is -0.292. The van der Waals surface area contributed by atoms with Gasteiger partial charge in [-0.25, -0.2) is 4.79 Å². The van der Waals surface area contributed by atoms with Gasteiger partial charge in [0.1, 0.15) is 6.29 Å². The molecule has 0 amide bonds. The van der Waals surface area contributed by atoms with E-state index in [0.29, 0.717) is 6.29 Å². The van der Waals surface area contributed by atoms with Crippen molar-refractivity contribution < 1.29 is 29.0 Å². The van der Waals surface area contributed by atoms with Crippen LogP contribution in [0.1, 0.15) is 12.8 Å². The number of aliphatic carboxylic acids is 1. The lowest BCUT2D eigenvalue weighted by atomic mass is 9.97. The van der Waals surface area contributed by atoms with E-state index < -0.39 is 24.0 Å². The van der Waals surface area contributed by atoms with E-state index in [9.17, 15) is 14.4 Å². The highest BCUT2D eigenvalue weighted by atomic mass is 16.7. The number of carbonyl (C=O) groups excluding carboxylic acids is 2. The van der Waals surface area contributed by atoms with Gasteiger partial charge < -0.3 is 19.4 Å². The van der Waals surface area contributed by atoms with Crippen LogP contribution in [0.3, 0.4) is 0 Å². The molecular weight excluding hydrogens is 180 g/mol. The summed E-state index contributed by atoms with van der Waals surface area (Å²) in [5.74, 6) is -2.00. The number of aldehydes is 1. The lowest BCUT2D eigenvalue weighted by Gasteiger charge is -2.17. The van der Waals surface area contributed by atoms with Crippen molar-refractivity contribution in [2.45, 2.75) is 18.4 Å². The van der Waals surface area contributed by atoms with E-state index in [2.05, 4.69) is 4.74 Å². The topological polar surface area (TPSA) is 89.9 Å². The molecule has 1 saturated heterocycles. The summed E-state index contributed by atoms with van der Waals surface area (Å²) in [4.78, 5) is 31.6. The summed E-state index contributed by atoms with van der Waals surface area (Å²) >= 11 is 0. The van der Waals surface area contributed by atoms with Gasteiger partial charge >= 0.3 is 11.9 Å². The zero-order valence-electron chi connectivity index (χ0n) is 6.69. The van der Waals surface area contributed by atoms with Gasteiger partial charge in [-0.3, -0.25) is 4.79 Å². The molecule has 6 nitrogen and oxygen atoms in total. The van der Waals surface area contributed by atoms with Crippen LogP contribution in [-0.4, -0.2) is 35.7 Å². The molecule has 0 aromatic carbocycles. The fraction of sp³-hybridized carbons (Fsp3) is 0.571. The molecule has 0 spiro atoms. The van der Waals surface area contributed by atoms with Crippen molar-refractivity contribution in [2.24, 2.45) is 0 Å². The van der Waals surface area contributed by atoms with Crippen molar-refractivity contribution in [3.63, 3.8) is 0 Å². The van der Waals surface area contributed by atoms with Gasteiger partial charge in [-0.2, -0.15) is 0 Å². The molecule has 0 bridgehead atoms. The molecule has 1 fully saturated rings. The fourth-order valence-electron chi connectivity index (χ4n) is 1.10. The van der Waals surface area contributed by atoms with E-state index in [0.717, 1.165) is 0 Å². The first-order valence-electron chi connectivity index (χ1n) is 3.57. The van der Waals surface area contributed by atoms with Crippen LogP contribution < -0.4 is 0 Å². The molecule has 1 aliphatic heterocycles. The van der Waals surface area contributed by atoms with Crippen molar-refractivity contribution in [3.8, 4) is 0 Å². The Balaban J connectivity index is 2.79. The highest BCUT2D eigenvalue weighted by molar-refractivity contribution is 5.88. The smallest absolute Gasteiger partial charge is 0.341 e. The fourth-order valence-corrected chi connectivity index (χ4v) is 1.10. The molecule has 0 radical (unpaired) electrons. The summed E-state index contributed by atoms with van der Waals surface area (Å²) in [6.07, 6.45) is -0.405. The number of rotatable bonds is 4. The first-order valence-corrected chi connectivity index (χ1v) is 3.57. The molecule has 0 saturated carbocycles. The van der Waals surface area contributed by atoms with E-state index in [4.69, 9.17) is 9.84 Å². The van der Waals surface area contributed by atoms with Crippen LogP contribution in [0.4, 0.5) is 0 Å². The first kappa shape index (κ1) is 9.66. The second-order valence-electron chi connectivity index (χ2n) is 2.63. The summed E-state index contributed by atoms with van der Waals surface area (Å²) in [5.41, 5.74) is -1.60. The Labute approximate surface area is 73.4 Å². The van der Waals surface area contributed by atoms with E-state index >= 15 is 0 Å². The number of carboxylic acid groups (broad SMARTS) is 1. The van der Waals surface area contributed by atoms with Gasteiger partial charge in [-0.05, 0) is 0 Å². The Morgan fingerprint density at radius 3 is 2.77 bits per heavy atom. The second-order valence-corrected chi connectivity index (χ2v) is 2.63. The standard InChI is InChI=1S/C7H8O6/c8-2-1-7(3-5(9)10)6(11)12-4-13-7/h2H,1,3-4H2,(H,9,10)/t7-/m1/s1. The van der Waals surface area contributed by atoms with Gasteiger partial charge in [-0.1, -0.05) is 0 Å². The minimum atomic E-state index is -1.60. The molecule has 0 aromatic rings. The lowest BCUT2D eigenvalue weighted by Crippen LogP contribution is -2.39. The Morgan fingerprint density at radius 1 is 1.69 bits per heavy atom. The van der Waals surface area contributed by atoms with Crippen molar-refractivity contribution in [1.82, 2.24) is 0 Å². The van der Waals surface area contributed by atoms with Gasteiger partial charge in [0.15, 0.2) is 12.4 Å². The SMILES string of the molecule is O=CC[C@]1(CC(=O)O)OCOC1=O. The monoisotopic (exact) mass is 188 g/mol. The van der Waals surface area contributed by atoms with Crippen LogP contribution >= 0.6 is 0 Å². The highest BCUT2D eigenvalue weighted by Gasteiger charge is 2.47. The number of carboxylic acids is 1. The largest absolute Gasteiger partial charge is 0.481 e. The van der Waals surface area contributed by atoms with Gasteiger partial charge in [-0.15, -0.1) is 0 Å². The second kappa shape index (κ2) is 3.53. The van der Waals surface area contributed by atoms with Crippen LogP contribution in [0.25, 0.3) is 0 Å². The lowest BCUT2D eigenvalue weighted by molar-refractivity contribution is -0.153. The Bertz CT molecular complexity index is 247. The molecule has 1 atom stereocenters. The third kappa shape index (κ3) is 1.83. The molecule has 1 aliphatic rings. The normalized spacial score (nSPS) is 26.9. The summed E-state index contributed by atoms with van der Waals surface area (Å²) in [6, 6.07) is 0. The maximum Gasteiger partial charge on any atom is 0.341 e. The molecular formula is C7H8O6. The minimum absolute atomic E-state index is 0.292. The zero-order chi connectivity index (χ0) is 9.90. The number of hydrogen-bond acceptors (Lipinski definition) is 5. The Kier molecular flexibility index (Phi) is 2.62. The summed E-state index contributed by atoms with van der Waals surface area (Å²) in [5, 5.41) is 8.48. The van der Waals surface area contributed by atoms with Crippen molar-refractivity contribution >= 4 is 18.2 Å². The number of cyclic esters (lactones) is 1. The minimum Gasteiger partial charge on any atom is -0.481 e. The quantitative estimate of drug-likeness (QED) is 0.464. The van der Waals surface area contributed by atoms with Crippen molar-refractivity contribution in [1.29, 1.82) is 0 Å². The maximum atomic E-state index is 11.1. The van der Waals surface area contributed by atoms with Gasteiger partial charge in [0, 0.05) is 6.42 Å². The van der Waals surface area contributed by atoms with Crippen LogP contribution in [0, 0.1) is 0 Å². The predicted molar refractivity (Wildman–Crippen MR) is 37.7 cm³/mol. The number of carbonyl (C=O) groups is 3. The van der Waals surface area contributed by atoms with Crippen molar-refractivity contribution in [2.75, 3.05) is 6.79 Å². The van der Waals surface area contributed by atoms with Gasteiger partial charge in [0.05, 0.1) is 6.42 Å². The van der Waals surface area contributed by atoms with Crippen LogP contribution in [0.2, 0.25) is 0 Å². The predicted octanol–water partition coefficient (Wildman–Crippen LogP) is -0.680. The van der Waals surface area contributed by atoms with Gasteiger partial charge in [0.25, 0.3) is 0 Å². The molecule has 1 N–H and O–H groups in total. The van der Waals surface area contributed by atoms with E-state index in [1.165, 1.54) is 0 Å². The molecule has 1 rings (SSSR count). The zero-order valence-corrected chi connectivity index (χ0v) is 6.69. The third-order valence-corrected chi connectivity index (χ3v) is 1.75. The van der Waals surface area contributed by atoms with Crippen LogP contribution in [0.15, 0.2) is 0 Å². The summed E-state index contributed by atoms with van der Waals surface area (Å²) in [7, 11) is 0. The summed E-state index contributed by atoms with van der Waals surface area (Å²) < 4.78 is 9.26. The van der Waals surface area contributed by atoms with E-state index in [1.807, 2.05) is 0 Å². The third-order valence-electron chi connectivity index (χ3n) is 1.75. The van der Waals surface area contributed by atoms with E-state index in [-0.39, 0.29) is 13.2 Å².